The lowest BCUT2D eigenvalue weighted by molar-refractivity contribution is 0.0437. The van der Waals surface area contributed by atoms with Gasteiger partial charge in [0.2, 0.25) is 0 Å². The monoisotopic (exact) mass is 310 g/mol. The van der Waals surface area contributed by atoms with Gasteiger partial charge in [0.05, 0.1) is 12.7 Å². The number of hydrogen-bond donors (Lipinski definition) is 1. The highest BCUT2D eigenvalue weighted by atomic mass is 16.5. The Morgan fingerprint density at radius 1 is 1.09 bits per heavy atom. The molecule has 1 heterocycles. The Labute approximate surface area is 136 Å². The minimum atomic E-state index is 0.0341. The second kappa shape index (κ2) is 7.40. The van der Waals surface area contributed by atoms with E-state index in [-0.39, 0.29) is 18.1 Å². The Bertz CT molecular complexity index is 630. The van der Waals surface area contributed by atoms with Crippen molar-refractivity contribution in [1.82, 2.24) is 4.90 Å². The van der Waals surface area contributed by atoms with Crippen molar-refractivity contribution < 1.29 is 9.53 Å². The lowest BCUT2D eigenvalue weighted by Gasteiger charge is -2.23. The van der Waals surface area contributed by atoms with Gasteiger partial charge in [-0.1, -0.05) is 48.5 Å². The van der Waals surface area contributed by atoms with Crippen molar-refractivity contribution in [3.8, 4) is 0 Å². The van der Waals surface area contributed by atoms with Crippen molar-refractivity contribution in [2.45, 2.75) is 25.2 Å². The van der Waals surface area contributed by atoms with Gasteiger partial charge in [0.15, 0.2) is 0 Å². The second-order valence-electron chi connectivity index (χ2n) is 5.87. The first kappa shape index (κ1) is 15.7. The molecule has 1 saturated heterocycles. The van der Waals surface area contributed by atoms with Crippen LogP contribution in [0.5, 0.6) is 0 Å². The average Bonchev–Trinajstić information content (AvgIpc) is 3.04. The van der Waals surface area contributed by atoms with Crippen LogP contribution < -0.4 is 5.73 Å². The molecule has 1 fully saturated rings. The van der Waals surface area contributed by atoms with E-state index in [9.17, 15) is 4.79 Å². The topological polar surface area (TPSA) is 55.6 Å². The number of nitrogens with zero attached hydrogens (tertiary/aromatic N) is 1. The number of carbonyl (C=O) groups excluding carboxylic acids is 1. The fraction of sp³-hybridized carbons (Fsp3) is 0.316. The van der Waals surface area contributed by atoms with Gasteiger partial charge < -0.3 is 15.4 Å². The van der Waals surface area contributed by atoms with Crippen molar-refractivity contribution >= 4 is 5.91 Å². The SMILES string of the molecule is NC[C@H]1C[C@@H](OCc2ccccc2)CN1C(=O)c1ccccc1. The van der Waals surface area contributed by atoms with Gasteiger partial charge >= 0.3 is 0 Å². The first-order chi connectivity index (χ1) is 11.3. The molecule has 2 atom stereocenters. The van der Waals surface area contributed by atoms with Crippen LogP contribution in [0.1, 0.15) is 22.3 Å². The Morgan fingerprint density at radius 2 is 1.74 bits per heavy atom. The van der Waals surface area contributed by atoms with E-state index in [0.29, 0.717) is 25.3 Å². The summed E-state index contributed by atoms with van der Waals surface area (Å²) < 4.78 is 5.99. The lowest BCUT2D eigenvalue weighted by Crippen LogP contribution is -2.40. The molecule has 23 heavy (non-hydrogen) atoms. The van der Waals surface area contributed by atoms with Gasteiger partial charge in [0, 0.05) is 24.7 Å². The number of rotatable bonds is 5. The molecule has 4 heteroatoms. The number of carbonyl (C=O) groups is 1. The first-order valence-corrected chi connectivity index (χ1v) is 7.99. The molecule has 3 rings (SSSR count). The zero-order chi connectivity index (χ0) is 16.1. The van der Waals surface area contributed by atoms with Crippen LogP contribution >= 0.6 is 0 Å². The summed E-state index contributed by atoms with van der Waals surface area (Å²) in [5.41, 5.74) is 7.71. The van der Waals surface area contributed by atoms with E-state index in [1.165, 1.54) is 0 Å². The fourth-order valence-electron chi connectivity index (χ4n) is 3.00. The van der Waals surface area contributed by atoms with Crippen molar-refractivity contribution in [2.24, 2.45) is 5.73 Å². The summed E-state index contributed by atoms with van der Waals surface area (Å²) in [6.45, 7) is 1.63. The summed E-state index contributed by atoms with van der Waals surface area (Å²) in [7, 11) is 0. The van der Waals surface area contributed by atoms with E-state index in [2.05, 4.69) is 0 Å². The number of ether oxygens (including phenoxy) is 1. The normalized spacial score (nSPS) is 20.7. The molecule has 0 radical (unpaired) electrons. The van der Waals surface area contributed by atoms with Crippen LogP contribution in [-0.2, 0) is 11.3 Å². The van der Waals surface area contributed by atoms with Gasteiger partial charge in [-0.2, -0.15) is 0 Å². The molecule has 2 N–H and O–H groups in total. The van der Waals surface area contributed by atoms with E-state index in [0.717, 1.165) is 12.0 Å². The molecule has 0 spiro atoms. The van der Waals surface area contributed by atoms with Crippen molar-refractivity contribution in [2.75, 3.05) is 13.1 Å². The number of likely N-dealkylation sites (tertiary alicyclic amines) is 1. The highest BCUT2D eigenvalue weighted by molar-refractivity contribution is 5.94. The number of hydrogen-bond acceptors (Lipinski definition) is 3. The van der Waals surface area contributed by atoms with Gasteiger partial charge in [0.1, 0.15) is 0 Å². The zero-order valence-corrected chi connectivity index (χ0v) is 13.1. The van der Waals surface area contributed by atoms with Crippen LogP contribution in [0.15, 0.2) is 60.7 Å². The highest BCUT2D eigenvalue weighted by Gasteiger charge is 2.35. The molecular weight excluding hydrogens is 288 g/mol. The molecule has 2 aromatic carbocycles. The molecule has 4 nitrogen and oxygen atoms in total. The van der Waals surface area contributed by atoms with Gasteiger partial charge in [-0.05, 0) is 24.1 Å². The van der Waals surface area contributed by atoms with Gasteiger partial charge in [-0.3, -0.25) is 4.79 Å². The summed E-state index contributed by atoms with van der Waals surface area (Å²) in [5.74, 6) is 0.0341. The largest absolute Gasteiger partial charge is 0.372 e. The van der Waals surface area contributed by atoms with E-state index >= 15 is 0 Å². The number of amides is 1. The average molecular weight is 310 g/mol. The van der Waals surface area contributed by atoms with Crippen molar-refractivity contribution in [3.63, 3.8) is 0 Å². The second-order valence-corrected chi connectivity index (χ2v) is 5.87. The third kappa shape index (κ3) is 3.78. The summed E-state index contributed by atoms with van der Waals surface area (Å²) in [6.07, 6.45) is 0.832. The van der Waals surface area contributed by atoms with Crippen LogP contribution in [0.4, 0.5) is 0 Å². The number of nitrogens with two attached hydrogens (primary N) is 1. The maximum absolute atomic E-state index is 12.7. The summed E-state index contributed by atoms with van der Waals surface area (Å²) in [5, 5.41) is 0. The molecular formula is C19H22N2O2. The third-order valence-electron chi connectivity index (χ3n) is 4.26. The Balaban J connectivity index is 1.62. The van der Waals surface area contributed by atoms with Crippen LogP contribution in [0.25, 0.3) is 0 Å². The molecule has 1 aliphatic heterocycles. The van der Waals surface area contributed by atoms with Crippen LogP contribution in [0, 0.1) is 0 Å². The van der Waals surface area contributed by atoms with Crippen LogP contribution in [0.3, 0.4) is 0 Å². The molecule has 2 aromatic rings. The van der Waals surface area contributed by atoms with Crippen molar-refractivity contribution in [3.05, 3.63) is 71.8 Å². The van der Waals surface area contributed by atoms with E-state index in [4.69, 9.17) is 10.5 Å². The Hall–Kier alpha value is -2.17. The lowest BCUT2D eigenvalue weighted by atomic mass is 10.1. The predicted molar refractivity (Wildman–Crippen MR) is 90.0 cm³/mol. The van der Waals surface area contributed by atoms with E-state index in [1.807, 2.05) is 65.6 Å². The molecule has 120 valence electrons. The van der Waals surface area contributed by atoms with Gasteiger partial charge in [-0.25, -0.2) is 0 Å². The minimum Gasteiger partial charge on any atom is -0.372 e. The van der Waals surface area contributed by atoms with Gasteiger partial charge in [0.25, 0.3) is 5.91 Å². The maximum Gasteiger partial charge on any atom is 0.254 e. The molecule has 0 aromatic heterocycles. The quantitative estimate of drug-likeness (QED) is 0.923. The smallest absolute Gasteiger partial charge is 0.254 e. The van der Waals surface area contributed by atoms with Crippen LogP contribution in [0.2, 0.25) is 0 Å². The Morgan fingerprint density at radius 3 is 2.39 bits per heavy atom. The molecule has 1 amide bonds. The summed E-state index contributed by atoms with van der Waals surface area (Å²) in [4.78, 5) is 14.5. The number of benzene rings is 2. The molecule has 1 aliphatic rings. The van der Waals surface area contributed by atoms with Crippen molar-refractivity contribution in [1.29, 1.82) is 0 Å². The summed E-state index contributed by atoms with van der Waals surface area (Å²) >= 11 is 0. The molecule has 0 unspecified atom stereocenters. The standard InChI is InChI=1S/C19H22N2O2/c20-12-17-11-18(23-14-15-7-3-1-4-8-15)13-21(17)19(22)16-9-5-2-6-10-16/h1-10,17-18H,11-14,20H2/t17-,18-/m1/s1. The third-order valence-corrected chi connectivity index (χ3v) is 4.26. The minimum absolute atomic E-state index is 0.0341. The fourth-order valence-corrected chi connectivity index (χ4v) is 3.00. The Kier molecular flexibility index (Phi) is 5.05. The van der Waals surface area contributed by atoms with Crippen LogP contribution in [-0.4, -0.2) is 36.0 Å². The van der Waals surface area contributed by atoms with E-state index < -0.39 is 0 Å². The predicted octanol–water partition coefficient (Wildman–Crippen LogP) is 2.45. The zero-order valence-electron chi connectivity index (χ0n) is 13.1. The highest BCUT2D eigenvalue weighted by Crippen LogP contribution is 2.23. The first-order valence-electron chi connectivity index (χ1n) is 7.99. The summed E-state index contributed by atoms with van der Waals surface area (Å²) in [6, 6.07) is 19.5. The molecule has 0 bridgehead atoms. The maximum atomic E-state index is 12.7. The van der Waals surface area contributed by atoms with Gasteiger partial charge in [-0.15, -0.1) is 0 Å². The van der Waals surface area contributed by atoms with E-state index in [1.54, 1.807) is 0 Å². The molecule has 0 saturated carbocycles. The molecule has 0 aliphatic carbocycles.